The van der Waals surface area contributed by atoms with Crippen molar-refractivity contribution in [3.63, 3.8) is 0 Å². The summed E-state index contributed by atoms with van der Waals surface area (Å²) in [7, 11) is 0. The maximum atomic E-state index is 6.00. The molecule has 1 N–H and O–H groups in total. The Morgan fingerprint density at radius 1 is 1.00 bits per heavy atom. The molecule has 0 saturated heterocycles. The number of halogens is 1. The number of rotatable bonds is 2. The largest absolute Gasteiger partial charge is 0.337 e. The second-order valence-corrected chi connectivity index (χ2v) is 4.19. The molecule has 0 bridgehead atoms. The zero-order chi connectivity index (χ0) is 12.4. The van der Waals surface area contributed by atoms with Gasteiger partial charge in [0, 0.05) is 11.1 Å². The van der Waals surface area contributed by atoms with Gasteiger partial charge in [0.15, 0.2) is 5.82 Å². The Kier molecular flexibility index (Phi) is 2.78. The number of nitrogens with one attached hydrogen (secondary N) is 1. The van der Waals surface area contributed by atoms with Gasteiger partial charge < -0.3 is 5.32 Å². The molecular formula is C13H9ClN4. The minimum Gasteiger partial charge on any atom is -0.337 e. The Bertz CT molecular complexity index is 694. The molecule has 0 unspecified atom stereocenters. The average Bonchev–Trinajstić information content (AvgIpc) is 2.42. The molecule has 0 amide bonds. The van der Waals surface area contributed by atoms with Crippen molar-refractivity contribution < 1.29 is 0 Å². The highest BCUT2D eigenvalue weighted by molar-refractivity contribution is 6.32. The van der Waals surface area contributed by atoms with Crippen molar-refractivity contribution in [2.24, 2.45) is 0 Å². The molecule has 0 fully saturated rings. The van der Waals surface area contributed by atoms with Crippen LogP contribution in [0.3, 0.4) is 0 Å². The van der Waals surface area contributed by atoms with E-state index >= 15 is 0 Å². The van der Waals surface area contributed by atoms with Gasteiger partial charge in [0.05, 0.1) is 6.20 Å². The first-order chi connectivity index (χ1) is 8.84. The summed E-state index contributed by atoms with van der Waals surface area (Å²) in [6, 6.07) is 14.1. The van der Waals surface area contributed by atoms with E-state index < -0.39 is 0 Å². The maximum absolute atomic E-state index is 6.00. The maximum Gasteiger partial charge on any atom is 0.175 e. The number of hydrogen-bond donors (Lipinski definition) is 1. The Labute approximate surface area is 109 Å². The van der Waals surface area contributed by atoms with Gasteiger partial charge in [-0.15, -0.1) is 10.2 Å². The zero-order valence-electron chi connectivity index (χ0n) is 9.34. The third-order valence-electron chi connectivity index (χ3n) is 2.64. The van der Waals surface area contributed by atoms with E-state index in [1.54, 1.807) is 0 Å². The van der Waals surface area contributed by atoms with Crippen molar-refractivity contribution in [3.8, 4) is 0 Å². The molecule has 0 saturated carbocycles. The number of fused-ring (bicyclic) bond motifs is 1. The van der Waals surface area contributed by atoms with E-state index in [1.807, 2.05) is 30.3 Å². The molecule has 0 aliphatic carbocycles. The molecule has 3 rings (SSSR count). The van der Waals surface area contributed by atoms with Gasteiger partial charge in [-0.25, -0.2) is 0 Å². The van der Waals surface area contributed by atoms with Crippen LogP contribution in [-0.2, 0) is 0 Å². The first kappa shape index (κ1) is 10.9. The van der Waals surface area contributed by atoms with Crippen LogP contribution in [0.5, 0.6) is 0 Å². The van der Waals surface area contributed by atoms with Crippen LogP contribution in [0.4, 0.5) is 11.5 Å². The molecule has 0 aliphatic rings. The molecule has 0 spiro atoms. The highest BCUT2D eigenvalue weighted by Crippen LogP contribution is 2.27. The van der Waals surface area contributed by atoms with E-state index in [0.29, 0.717) is 10.8 Å². The van der Waals surface area contributed by atoms with Crippen molar-refractivity contribution >= 4 is 33.9 Å². The first-order valence-electron chi connectivity index (χ1n) is 5.43. The van der Waals surface area contributed by atoms with Crippen molar-refractivity contribution in [1.82, 2.24) is 15.4 Å². The fourth-order valence-electron chi connectivity index (χ4n) is 1.80. The Hall–Kier alpha value is -2.20. The van der Waals surface area contributed by atoms with Crippen LogP contribution in [-0.4, -0.2) is 15.4 Å². The molecule has 88 valence electrons. The molecule has 0 radical (unpaired) electrons. The highest BCUT2D eigenvalue weighted by Gasteiger charge is 2.05. The van der Waals surface area contributed by atoms with Gasteiger partial charge in [0.1, 0.15) is 5.02 Å². The minimum atomic E-state index is 0.443. The van der Waals surface area contributed by atoms with Gasteiger partial charge in [-0.1, -0.05) is 48.0 Å². The number of nitrogens with zero attached hydrogens (tertiary/aromatic N) is 3. The van der Waals surface area contributed by atoms with Crippen molar-refractivity contribution in [2.75, 3.05) is 5.32 Å². The molecule has 2 aromatic carbocycles. The molecule has 0 aliphatic heterocycles. The summed E-state index contributed by atoms with van der Waals surface area (Å²) in [5.41, 5.74) is 0.940. The van der Waals surface area contributed by atoms with Crippen LogP contribution >= 0.6 is 11.6 Å². The monoisotopic (exact) mass is 256 g/mol. The minimum absolute atomic E-state index is 0.443. The van der Waals surface area contributed by atoms with Crippen LogP contribution in [0.15, 0.2) is 48.7 Å². The summed E-state index contributed by atoms with van der Waals surface area (Å²) in [4.78, 5) is 0. The SMILES string of the molecule is Clc1cnnnc1Nc1cccc2ccccc12. The van der Waals surface area contributed by atoms with Gasteiger partial charge in [0.25, 0.3) is 0 Å². The van der Waals surface area contributed by atoms with E-state index in [2.05, 4.69) is 32.9 Å². The highest BCUT2D eigenvalue weighted by atomic mass is 35.5. The van der Waals surface area contributed by atoms with Gasteiger partial charge in [-0.3, -0.25) is 0 Å². The van der Waals surface area contributed by atoms with Crippen molar-refractivity contribution in [2.45, 2.75) is 0 Å². The molecule has 5 heteroatoms. The van der Waals surface area contributed by atoms with Crippen molar-refractivity contribution in [3.05, 3.63) is 53.7 Å². The van der Waals surface area contributed by atoms with E-state index in [-0.39, 0.29) is 0 Å². The lowest BCUT2D eigenvalue weighted by Crippen LogP contribution is -1.98. The topological polar surface area (TPSA) is 50.7 Å². The summed E-state index contributed by atoms with van der Waals surface area (Å²) < 4.78 is 0. The van der Waals surface area contributed by atoms with Gasteiger partial charge in [-0.2, -0.15) is 0 Å². The van der Waals surface area contributed by atoms with Crippen LogP contribution < -0.4 is 5.32 Å². The summed E-state index contributed by atoms with van der Waals surface area (Å²) >= 11 is 6.00. The van der Waals surface area contributed by atoms with Gasteiger partial charge in [0.2, 0.25) is 0 Å². The summed E-state index contributed by atoms with van der Waals surface area (Å²) in [6.07, 6.45) is 1.46. The molecule has 0 atom stereocenters. The lowest BCUT2D eigenvalue weighted by atomic mass is 10.1. The lowest BCUT2D eigenvalue weighted by Gasteiger charge is -2.08. The Balaban J connectivity index is 2.08. The Morgan fingerprint density at radius 2 is 1.83 bits per heavy atom. The molecule has 4 nitrogen and oxygen atoms in total. The fraction of sp³-hybridized carbons (Fsp3) is 0. The molecule has 18 heavy (non-hydrogen) atoms. The van der Waals surface area contributed by atoms with Crippen LogP contribution in [0.25, 0.3) is 10.8 Å². The molecule has 1 heterocycles. The second kappa shape index (κ2) is 4.58. The predicted molar refractivity (Wildman–Crippen MR) is 72.1 cm³/mol. The lowest BCUT2D eigenvalue weighted by molar-refractivity contribution is 0.871. The van der Waals surface area contributed by atoms with E-state index in [1.165, 1.54) is 6.20 Å². The molecule has 3 aromatic rings. The number of benzene rings is 2. The Morgan fingerprint density at radius 3 is 2.72 bits per heavy atom. The van der Waals surface area contributed by atoms with Crippen LogP contribution in [0.2, 0.25) is 5.02 Å². The quantitative estimate of drug-likeness (QED) is 0.763. The fourth-order valence-corrected chi connectivity index (χ4v) is 1.93. The normalized spacial score (nSPS) is 10.5. The van der Waals surface area contributed by atoms with Gasteiger partial charge in [-0.05, 0) is 16.7 Å². The number of hydrogen-bond acceptors (Lipinski definition) is 4. The third-order valence-corrected chi connectivity index (χ3v) is 2.91. The summed E-state index contributed by atoms with van der Waals surface area (Å²) in [5, 5.41) is 16.9. The second-order valence-electron chi connectivity index (χ2n) is 3.78. The van der Waals surface area contributed by atoms with E-state index in [4.69, 9.17) is 11.6 Å². The molecule has 1 aromatic heterocycles. The third kappa shape index (κ3) is 1.98. The van der Waals surface area contributed by atoms with Crippen LogP contribution in [0, 0.1) is 0 Å². The van der Waals surface area contributed by atoms with Gasteiger partial charge >= 0.3 is 0 Å². The van der Waals surface area contributed by atoms with Crippen molar-refractivity contribution in [1.29, 1.82) is 0 Å². The van der Waals surface area contributed by atoms with Crippen LogP contribution in [0.1, 0.15) is 0 Å². The zero-order valence-corrected chi connectivity index (χ0v) is 10.1. The van der Waals surface area contributed by atoms with E-state index in [0.717, 1.165) is 16.5 Å². The summed E-state index contributed by atoms with van der Waals surface area (Å²) in [6.45, 7) is 0. The average molecular weight is 257 g/mol. The predicted octanol–water partition coefficient (Wildman–Crippen LogP) is 3.42. The van der Waals surface area contributed by atoms with E-state index in [9.17, 15) is 0 Å². The summed E-state index contributed by atoms with van der Waals surface area (Å²) in [5.74, 6) is 0.503. The first-order valence-corrected chi connectivity index (χ1v) is 5.81. The number of anilines is 2. The smallest absolute Gasteiger partial charge is 0.175 e. The number of aromatic nitrogens is 3. The standard InChI is InChI=1S/C13H9ClN4/c14-11-8-15-18-17-13(11)16-12-7-3-5-9-4-1-2-6-10(9)12/h1-8H,(H,15,16,17). The molecular weight excluding hydrogens is 248 g/mol.